The number of hydrogen-bond donors (Lipinski definition) is 0. The standard InChI is InChI=1S/C39H46NO/c1-23(2)17-25-11-14-29-31(19-25)24(3)34-36-35-30(15-16-40(36)10)28-13-12-26(21-38(4,5)6)18-27(28)20-33(35)41-37(34)32(29)22-39(7,8)9/h11-16,18-20,23H,17,21-22H2,1-10H3/q+1. The van der Waals surface area contributed by atoms with Crippen LogP contribution < -0.4 is 9.30 Å². The largest absolute Gasteiger partial charge is 0.455 e. The van der Waals surface area contributed by atoms with E-state index in [-0.39, 0.29) is 10.8 Å². The van der Waals surface area contributed by atoms with Crippen LogP contribution in [0, 0.1) is 23.7 Å². The van der Waals surface area contributed by atoms with Crippen LogP contribution in [0.2, 0.25) is 0 Å². The quantitative estimate of drug-likeness (QED) is 0.159. The zero-order valence-electron chi connectivity index (χ0n) is 26.8. The van der Waals surface area contributed by atoms with Gasteiger partial charge in [-0.05, 0) is 87.2 Å². The molecule has 6 rings (SSSR count). The maximum Gasteiger partial charge on any atom is 0.228 e. The van der Waals surface area contributed by atoms with Gasteiger partial charge in [-0.1, -0.05) is 91.8 Å². The lowest BCUT2D eigenvalue weighted by Crippen LogP contribution is -2.32. The minimum Gasteiger partial charge on any atom is -0.455 e. The van der Waals surface area contributed by atoms with Crippen LogP contribution in [0.5, 0.6) is 11.5 Å². The Hall–Kier alpha value is -3.39. The van der Waals surface area contributed by atoms with Crippen molar-refractivity contribution in [3.8, 4) is 22.8 Å². The first-order chi connectivity index (χ1) is 19.2. The summed E-state index contributed by atoms with van der Waals surface area (Å²) in [7, 11) is 2.19. The molecular weight excluding hydrogens is 498 g/mol. The van der Waals surface area contributed by atoms with Crippen molar-refractivity contribution in [3.63, 3.8) is 0 Å². The fourth-order valence-corrected chi connectivity index (χ4v) is 6.97. The third-order valence-corrected chi connectivity index (χ3v) is 8.49. The van der Waals surface area contributed by atoms with E-state index in [1.807, 2.05) is 0 Å². The highest BCUT2D eigenvalue weighted by Gasteiger charge is 2.34. The molecule has 0 spiro atoms. The minimum absolute atomic E-state index is 0.121. The van der Waals surface area contributed by atoms with Gasteiger partial charge in [0.1, 0.15) is 18.5 Å². The molecule has 0 saturated heterocycles. The molecule has 2 nitrogen and oxygen atoms in total. The van der Waals surface area contributed by atoms with Gasteiger partial charge in [-0.2, -0.15) is 0 Å². The number of hydrogen-bond acceptors (Lipinski definition) is 1. The van der Waals surface area contributed by atoms with Crippen LogP contribution in [0.25, 0.3) is 43.6 Å². The number of benzene rings is 4. The van der Waals surface area contributed by atoms with E-state index in [4.69, 9.17) is 4.74 Å². The van der Waals surface area contributed by atoms with Crippen LogP contribution in [0.1, 0.15) is 77.6 Å². The molecule has 4 aromatic carbocycles. The van der Waals surface area contributed by atoms with Gasteiger partial charge in [0.05, 0.1) is 10.9 Å². The molecule has 0 amide bonds. The number of aromatic nitrogens is 1. The minimum atomic E-state index is 0.121. The summed E-state index contributed by atoms with van der Waals surface area (Å²) in [5, 5.41) is 7.73. The lowest BCUT2D eigenvalue weighted by atomic mass is 9.81. The van der Waals surface area contributed by atoms with E-state index < -0.39 is 0 Å². The molecule has 0 fully saturated rings. The lowest BCUT2D eigenvalue weighted by molar-refractivity contribution is -0.659. The third-order valence-electron chi connectivity index (χ3n) is 8.49. The van der Waals surface area contributed by atoms with Gasteiger partial charge in [0.15, 0.2) is 6.20 Å². The third kappa shape index (κ3) is 5.00. The summed E-state index contributed by atoms with van der Waals surface area (Å²) in [5.74, 6) is 2.64. The number of fused-ring (bicyclic) bond motifs is 5. The molecule has 5 aromatic rings. The highest BCUT2D eigenvalue weighted by Crippen LogP contribution is 2.53. The van der Waals surface area contributed by atoms with Crippen molar-refractivity contribution in [2.24, 2.45) is 23.8 Å². The second kappa shape index (κ2) is 9.58. The lowest BCUT2D eigenvalue weighted by Gasteiger charge is -2.28. The maximum absolute atomic E-state index is 7.10. The van der Waals surface area contributed by atoms with Crippen LogP contribution in [-0.2, 0) is 26.3 Å². The van der Waals surface area contributed by atoms with E-state index in [1.54, 1.807) is 0 Å². The molecule has 212 valence electrons. The van der Waals surface area contributed by atoms with Gasteiger partial charge in [-0.15, -0.1) is 0 Å². The molecule has 0 radical (unpaired) electrons. The van der Waals surface area contributed by atoms with Gasteiger partial charge in [0.25, 0.3) is 0 Å². The van der Waals surface area contributed by atoms with Crippen LogP contribution >= 0.6 is 0 Å². The summed E-state index contributed by atoms with van der Waals surface area (Å²) >= 11 is 0. The monoisotopic (exact) mass is 544 g/mol. The number of aryl methyl sites for hydroxylation is 2. The van der Waals surface area contributed by atoms with Crippen molar-refractivity contribution < 1.29 is 9.30 Å². The van der Waals surface area contributed by atoms with Crippen molar-refractivity contribution in [2.45, 2.75) is 81.6 Å². The zero-order valence-corrected chi connectivity index (χ0v) is 26.8. The zero-order chi connectivity index (χ0) is 29.4. The fraction of sp³-hybridized carbons (Fsp3) is 0.410. The second-order valence-corrected chi connectivity index (χ2v) is 15.4. The molecule has 0 bridgehead atoms. The van der Waals surface area contributed by atoms with Crippen molar-refractivity contribution >= 4 is 32.3 Å². The van der Waals surface area contributed by atoms with Crippen LogP contribution in [0.3, 0.4) is 0 Å². The normalized spacial score (nSPS) is 13.3. The predicted octanol–water partition coefficient (Wildman–Crippen LogP) is 10.4. The highest BCUT2D eigenvalue weighted by atomic mass is 16.5. The molecule has 0 saturated carbocycles. The van der Waals surface area contributed by atoms with E-state index in [0.717, 1.165) is 30.8 Å². The number of pyridine rings is 1. The first kappa shape index (κ1) is 27.8. The van der Waals surface area contributed by atoms with Gasteiger partial charge in [0.2, 0.25) is 5.69 Å². The van der Waals surface area contributed by atoms with Gasteiger partial charge in [-0.25, -0.2) is 4.57 Å². The van der Waals surface area contributed by atoms with E-state index in [9.17, 15) is 0 Å². The average molecular weight is 545 g/mol. The molecule has 1 aliphatic heterocycles. The van der Waals surface area contributed by atoms with E-state index in [1.165, 1.54) is 65.8 Å². The summed E-state index contributed by atoms with van der Waals surface area (Å²) in [6.07, 6.45) is 5.33. The fourth-order valence-electron chi connectivity index (χ4n) is 6.97. The molecule has 41 heavy (non-hydrogen) atoms. The van der Waals surface area contributed by atoms with Crippen LogP contribution in [0.15, 0.2) is 54.7 Å². The summed E-state index contributed by atoms with van der Waals surface area (Å²) in [6, 6.07) is 18.7. The Kier molecular flexibility index (Phi) is 6.49. The summed E-state index contributed by atoms with van der Waals surface area (Å²) in [4.78, 5) is 0. The topological polar surface area (TPSA) is 13.1 Å². The molecule has 2 heteroatoms. The van der Waals surface area contributed by atoms with Gasteiger partial charge in [-0.3, -0.25) is 0 Å². The Balaban J connectivity index is 1.69. The predicted molar refractivity (Wildman–Crippen MR) is 175 cm³/mol. The Bertz CT molecular complexity index is 1840. The summed E-state index contributed by atoms with van der Waals surface area (Å²) in [5.41, 5.74) is 8.31. The molecule has 0 aliphatic carbocycles. The first-order valence-electron chi connectivity index (χ1n) is 15.3. The van der Waals surface area contributed by atoms with Crippen molar-refractivity contribution in [1.29, 1.82) is 0 Å². The van der Waals surface area contributed by atoms with Crippen LogP contribution in [-0.4, -0.2) is 0 Å². The van der Waals surface area contributed by atoms with E-state index >= 15 is 0 Å². The highest BCUT2D eigenvalue weighted by molar-refractivity contribution is 6.16. The van der Waals surface area contributed by atoms with E-state index in [2.05, 4.69) is 129 Å². The van der Waals surface area contributed by atoms with Gasteiger partial charge in [0, 0.05) is 17.0 Å². The SMILES string of the molecule is Cc1c2c(c(CC(C)(C)C)c3ccc(CC(C)C)cc13)Oc1cc3cc(CC(C)(C)C)ccc3c3cc[n+](C)c-2c13. The second-order valence-electron chi connectivity index (χ2n) is 15.4. The summed E-state index contributed by atoms with van der Waals surface area (Å²) in [6.45, 7) is 20.8. The van der Waals surface area contributed by atoms with Gasteiger partial charge < -0.3 is 4.74 Å². The molecule has 1 aliphatic rings. The summed E-state index contributed by atoms with van der Waals surface area (Å²) < 4.78 is 9.41. The Labute approximate surface area is 246 Å². The van der Waals surface area contributed by atoms with Crippen molar-refractivity contribution in [3.05, 3.63) is 77.0 Å². The molecular formula is C39H46NO+. The first-order valence-corrected chi connectivity index (χ1v) is 15.3. The molecule has 2 heterocycles. The average Bonchev–Trinajstić information content (AvgIpc) is 2.85. The molecule has 0 N–H and O–H groups in total. The van der Waals surface area contributed by atoms with Gasteiger partial charge >= 0.3 is 0 Å². The van der Waals surface area contributed by atoms with Crippen molar-refractivity contribution in [1.82, 2.24) is 0 Å². The molecule has 1 aromatic heterocycles. The smallest absolute Gasteiger partial charge is 0.228 e. The maximum atomic E-state index is 7.10. The number of ether oxygens (including phenoxy) is 1. The Morgan fingerprint density at radius 2 is 1.44 bits per heavy atom. The van der Waals surface area contributed by atoms with Crippen LogP contribution in [0.4, 0.5) is 0 Å². The van der Waals surface area contributed by atoms with E-state index in [0.29, 0.717) is 5.92 Å². The molecule has 0 unspecified atom stereocenters. The number of nitrogens with zero attached hydrogens (tertiary/aromatic N) is 1. The number of rotatable bonds is 4. The van der Waals surface area contributed by atoms with Crippen molar-refractivity contribution in [2.75, 3.05) is 0 Å². The molecule has 0 atom stereocenters. The Morgan fingerprint density at radius 1 is 0.756 bits per heavy atom. The Morgan fingerprint density at radius 3 is 2.12 bits per heavy atom.